The normalized spacial score (nSPS) is 10.1. The van der Waals surface area contributed by atoms with Crippen LogP contribution in [0.25, 0.3) is 0 Å². The van der Waals surface area contributed by atoms with Gasteiger partial charge in [0.15, 0.2) is 0 Å². The Kier molecular flexibility index (Phi) is 5.36. The number of unbranched alkanes of at least 4 members (excludes halogenated alkanes) is 1. The maximum atomic E-state index is 7.25. The number of amidine groups is 1. The van der Waals surface area contributed by atoms with Crippen LogP contribution in [0.1, 0.15) is 18.4 Å². The van der Waals surface area contributed by atoms with Crippen LogP contribution in [0.15, 0.2) is 24.3 Å². The van der Waals surface area contributed by atoms with Crippen molar-refractivity contribution in [2.75, 3.05) is 20.2 Å². The lowest BCUT2D eigenvalue weighted by Gasteiger charge is -2.06. The molecule has 0 amide bonds. The Labute approximate surface area is 96.3 Å². The maximum Gasteiger partial charge on any atom is 0.122 e. The second kappa shape index (κ2) is 6.85. The average Bonchev–Trinajstić information content (AvgIpc) is 2.29. The van der Waals surface area contributed by atoms with Gasteiger partial charge in [-0.3, -0.25) is 5.41 Å². The highest BCUT2D eigenvalue weighted by Crippen LogP contribution is 2.12. The number of nitrogens with one attached hydrogen (secondary N) is 2. The first-order valence-electron chi connectivity index (χ1n) is 5.46. The topological polar surface area (TPSA) is 71.1 Å². The summed E-state index contributed by atoms with van der Waals surface area (Å²) < 4.78 is 5.55. The minimum absolute atomic E-state index is 0.0839. The molecule has 0 radical (unpaired) electrons. The van der Waals surface area contributed by atoms with Crippen molar-refractivity contribution in [2.45, 2.75) is 12.8 Å². The molecule has 0 bridgehead atoms. The van der Waals surface area contributed by atoms with Gasteiger partial charge in [0, 0.05) is 5.56 Å². The predicted molar refractivity (Wildman–Crippen MR) is 66.1 cm³/mol. The number of ether oxygens (including phenoxy) is 1. The largest absolute Gasteiger partial charge is 0.494 e. The summed E-state index contributed by atoms with van der Waals surface area (Å²) in [4.78, 5) is 0. The predicted octanol–water partition coefficient (Wildman–Crippen LogP) is 1.35. The Hall–Kier alpha value is -1.55. The van der Waals surface area contributed by atoms with Crippen molar-refractivity contribution in [3.05, 3.63) is 29.8 Å². The zero-order chi connectivity index (χ0) is 11.8. The van der Waals surface area contributed by atoms with Crippen molar-refractivity contribution in [3.8, 4) is 5.75 Å². The fourth-order valence-electron chi connectivity index (χ4n) is 1.32. The Bertz CT molecular complexity index is 322. The number of nitrogens with two attached hydrogens (primary N) is 1. The van der Waals surface area contributed by atoms with Gasteiger partial charge in [-0.05, 0) is 50.7 Å². The van der Waals surface area contributed by atoms with Gasteiger partial charge in [0.1, 0.15) is 11.6 Å². The number of hydrogen-bond donors (Lipinski definition) is 3. The molecule has 4 nitrogen and oxygen atoms in total. The zero-order valence-corrected chi connectivity index (χ0v) is 9.62. The van der Waals surface area contributed by atoms with Crippen molar-refractivity contribution >= 4 is 5.84 Å². The van der Waals surface area contributed by atoms with E-state index in [4.69, 9.17) is 15.9 Å². The third kappa shape index (κ3) is 4.31. The molecule has 1 aromatic carbocycles. The Morgan fingerprint density at radius 1 is 1.31 bits per heavy atom. The molecule has 88 valence electrons. The molecule has 0 saturated heterocycles. The van der Waals surface area contributed by atoms with Gasteiger partial charge < -0.3 is 15.8 Å². The van der Waals surface area contributed by atoms with Crippen molar-refractivity contribution < 1.29 is 4.74 Å². The molecule has 1 aromatic rings. The van der Waals surface area contributed by atoms with Gasteiger partial charge in [0.25, 0.3) is 0 Å². The van der Waals surface area contributed by atoms with E-state index in [9.17, 15) is 0 Å². The molecule has 0 aliphatic rings. The van der Waals surface area contributed by atoms with Gasteiger partial charge in [-0.1, -0.05) is 0 Å². The van der Waals surface area contributed by atoms with Crippen LogP contribution in [0.4, 0.5) is 0 Å². The van der Waals surface area contributed by atoms with Gasteiger partial charge in [0.2, 0.25) is 0 Å². The fraction of sp³-hybridized carbons (Fsp3) is 0.417. The van der Waals surface area contributed by atoms with E-state index >= 15 is 0 Å². The first kappa shape index (κ1) is 12.5. The lowest BCUT2D eigenvalue weighted by Crippen LogP contribution is -2.11. The molecule has 0 aromatic heterocycles. The molecular formula is C12H19N3O. The highest BCUT2D eigenvalue weighted by Gasteiger charge is 1.97. The third-order valence-corrected chi connectivity index (χ3v) is 2.26. The summed E-state index contributed by atoms with van der Waals surface area (Å²) in [6.45, 7) is 1.74. The Morgan fingerprint density at radius 2 is 2.00 bits per heavy atom. The summed E-state index contributed by atoms with van der Waals surface area (Å²) >= 11 is 0. The second-order valence-corrected chi connectivity index (χ2v) is 3.60. The minimum atomic E-state index is 0.0839. The summed E-state index contributed by atoms with van der Waals surface area (Å²) in [6, 6.07) is 7.28. The summed E-state index contributed by atoms with van der Waals surface area (Å²) in [7, 11) is 1.95. The lowest BCUT2D eigenvalue weighted by atomic mass is 10.2. The third-order valence-electron chi connectivity index (χ3n) is 2.26. The van der Waals surface area contributed by atoms with E-state index < -0.39 is 0 Å². The SMILES string of the molecule is CNCCCCOc1ccc(C(=N)N)cc1. The first-order valence-corrected chi connectivity index (χ1v) is 5.46. The summed E-state index contributed by atoms with van der Waals surface area (Å²) in [5.41, 5.74) is 6.08. The van der Waals surface area contributed by atoms with Crippen LogP contribution in [0.5, 0.6) is 5.75 Å². The van der Waals surface area contributed by atoms with E-state index in [0.29, 0.717) is 0 Å². The van der Waals surface area contributed by atoms with Crippen LogP contribution in [0.2, 0.25) is 0 Å². The zero-order valence-electron chi connectivity index (χ0n) is 9.62. The molecule has 4 N–H and O–H groups in total. The second-order valence-electron chi connectivity index (χ2n) is 3.60. The molecule has 0 unspecified atom stereocenters. The number of rotatable bonds is 7. The molecule has 0 aliphatic heterocycles. The molecular weight excluding hydrogens is 202 g/mol. The minimum Gasteiger partial charge on any atom is -0.494 e. The summed E-state index contributed by atoms with van der Waals surface area (Å²) in [5.74, 6) is 0.912. The molecule has 0 aliphatic carbocycles. The van der Waals surface area contributed by atoms with Gasteiger partial charge in [-0.15, -0.1) is 0 Å². The molecule has 1 rings (SSSR count). The van der Waals surface area contributed by atoms with Crippen molar-refractivity contribution in [1.29, 1.82) is 5.41 Å². The van der Waals surface area contributed by atoms with Crippen LogP contribution in [-0.4, -0.2) is 26.0 Å². The number of benzene rings is 1. The van der Waals surface area contributed by atoms with Crippen molar-refractivity contribution in [2.24, 2.45) is 5.73 Å². The standard InChI is InChI=1S/C12H19N3O/c1-15-8-2-3-9-16-11-6-4-10(5-7-11)12(13)14/h4-7,15H,2-3,8-9H2,1H3,(H3,13,14). The van der Waals surface area contributed by atoms with Crippen molar-refractivity contribution in [3.63, 3.8) is 0 Å². The van der Waals surface area contributed by atoms with Crippen LogP contribution < -0.4 is 15.8 Å². The van der Waals surface area contributed by atoms with Gasteiger partial charge in [0.05, 0.1) is 6.61 Å². The Balaban J connectivity index is 2.29. The van der Waals surface area contributed by atoms with Gasteiger partial charge >= 0.3 is 0 Å². The fourth-order valence-corrected chi connectivity index (χ4v) is 1.32. The van der Waals surface area contributed by atoms with E-state index in [-0.39, 0.29) is 5.84 Å². The molecule has 0 fully saturated rings. The summed E-state index contributed by atoms with van der Waals surface area (Å²) in [5, 5.41) is 10.3. The monoisotopic (exact) mass is 221 g/mol. The molecule has 16 heavy (non-hydrogen) atoms. The van der Waals surface area contributed by atoms with E-state index in [0.717, 1.165) is 37.3 Å². The van der Waals surface area contributed by atoms with E-state index in [1.54, 1.807) is 12.1 Å². The van der Waals surface area contributed by atoms with Gasteiger partial charge in [-0.2, -0.15) is 0 Å². The molecule has 0 atom stereocenters. The number of nitrogen functional groups attached to an aromatic ring is 1. The molecule has 0 spiro atoms. The smallest absolute Gasteiger partial charge is 0.122 e. The molecule has 4 heteroatoms. The van der Waals surface area contributed by atoms with Gasteiger partial charge in [-0.25, -0.2) is 0 Å². The van der Waals surface area contributed by atoms with Crippen molar-refractivity contribution in [1.82, 2.24) is 5.32 Å². The van der Waals surface area contributed by atoms with Crippen LogP contribution >= 0.6 is 0 Å². The number of hydrogen-bond acceptors (Lipinski definition) is 3. The molecule has 0 heterocycles. The van der Waals surface area contributed by atoms with E-state index in [2.05, 4.69) is 5.32 Å². The lowest BCUT2D eigenvalue weighted by molar-refractivity contribution is 0.306. The average molecular weight is 221 g/mol. The highest BCUT2D eigenvalue weighted by atomic mass is 16.5. The molecule has 0 saturated carbocycles. The van der Waals surface area contributed by atoms with Crippen LogP contribution in [0.3, 0.4) is 0 Å². The Morgan fingerprint density at radius 3 is 2.56 bits per heavy atom. The first-order chi connectivity index (χ1) is 7.74. The maximum absolute atomic E-state index is 7.25. The van der Waals surface area contributed by atoms with E-state index in [1.807, 2.05) is 19.2 Å². The van der Waals surface area contributed by atoms with Crippen LogP contribution in [0, 0.1) is 5.41 Å². The summed E-state index contributed by atoms with van der Waals surface area (Å²) in [6.07, 6.45) is 2.15. The quantitative estimate of drug-likeness (QED) is 0.370. The highest BCUT2D eigenvalue weighted by molar-refractivity contribution is 5.94. The van der Waals surface area contributed by atoms with Crippen LogP contribution in [-0.2, 0) is 0 Å². The van der Waals surface area contributed by atoms with E-state index in [1.165, 1.54) is 0 Å².